The maximum Gasteiger partial charge on any atom is 0.411 e. The van der Waals surface area contributed by atoms with Crippen LogP contribution in [0.1, 0.15) is 20.8 Å². The molecule has 19 heavy (non-hydrogen) atoms. The molecule has 1 rings (SSSR count). The number of carbonyl (C=O) groups excluding carboxylic acids is 1. The fourth-order valence-corrected chi connectivity index (χ4v) is 1.94. The quantitative estimate of drug-likeness (QED) is 0.780. The number of piperazine rings is 1. The Hall–Kier alpha value is -1.56. The van der Waals surface area contributed by atoms with Crippen molar-refractivity contribution in [2.45, 2.75) is 32.4 Å². The monoisotopic (exact) mass is 270 g/mol. The number of hydrogen-bond acceptors (Lipinski definition) is 4. The Kier molecular flexibility index (Phi) is 4.94. The van der Waals surface area contributed by atoms with E-state index in [9.17, 15) is 14.7 Å². The lowest BCUT2D eigenvalue weighted by molar-refractivity contribution is -0.145. The van der Waals surface area contributed by atoms with Gasteiger partial charge in [0, 0.05) is 26.2 Å². The maximum atomic E-state index is 12.0. The first-order valence-corrected chi connectivity index (χ1v) is 6.30. The summed E-state index contributed by atoms with van der Waals surface area (Å²) < 4.78 is 5.24. The van der Waals surface area contributed by atoms with Gasteiger partial charge in [0.05, 0.1) is 0 Å². The second-order valence-corrected chi connectivity index (χ2v) is 5.58. The molecule has 0 aromatic rings. The topological polar surface area (TPSA) is 70.1 Å². The molecule has 1 saturated heterocycles. The van der Waals surface area contributed by atoms with Crippen LogP contribution in [0.25, 0.3) is 0 Å². The molecule has 6 heteroatoms. The predicted molar refractivity (Wildman–Crippen MR) is 71.0 cm³/mol. The zero-order chi connectivity index (χ0) is 14.6. The average molecular weight is 270 g/mol. The first-order chi connectivity index (χ1) is 8.74. The fraction of sp³-hybridized carbons (Fsp3) is 0.692. The lowest BCUT2D eigenvalue weighted by Crippen LogP contribution is -2.58. The lowest BCUT2D eigenvalue weighted by Gasteiger charge is -2.39. The zero-order valence-electron chi connectivity index (χ0n) is 11.8. The predicted octanol–water partition coefficient (Wildman–Crippen LogP) is 1.18. The van der Waals surface area contributed by atoms with Gasteiger partial charge in [-0.3, -0.25) is 9.80 Å². The fourth-order valence-electron chi connectivity index (χ4n) is 1.94. The molecule has 0 aromatic heterocycles. The van der Waals surface area contributed by atoms with E-state index in [-0.39, 0.29) is 0 Å². The van der Waals surface area contributed by atoms with Crippen molar-refractivity contribution >= 4 is 12.1 Å². The van der Waals surface area contributed by atoms with Crippen LogP contribution in [0.2, 0.25) is 0 Å². The maximum absolute atomic E-state index is 12.0. The molecule has 1 atom stereocenters. The smallest absolute Gasteiger partial charge is 0.411 e. The number of hydrogen-bond donors (Lipinski definition) is 1. The van der Waals surface area contributed by atoms with E-state index in [4.69, 9.17) is 4.74 Å². The van der Waals surface area contributed by atoms with Crippen LogP contribution in [-0.2, 0) is 9.53 Å². The molecular weight excluding hydrogens is 248 g/mol. The van der Waals surface area contributed by atoms with Crippen LogP contribution >= 0.6 is 0 Å². The zero-order valence-corrected chi connectivity index (χ0v) is 11.8. The van der Waals surface area contributed by atoms with Crippen molar-refractivity contribution in [2.75, 3.05) is 26.2 Å². The lowest BCUT2D eigenvalue weighted by atomic mass is 10.1. The summed E-state index contributed by atoms with van der Waals surface area (Å²) >= 11 is 0. The number of carboxylic acid groups (broad SMARTS) is 1. The van der Waals surface area contributed by atoms with Crippen LogP contribution in [0.5, 0.6) is 0 Å². The number of ether oxygens (including phenoxy) is 1. The summed E-state index contributed by atoms with van der Waals surface area (Å²) in [5.41, 5.74) is -0.627. The Morgan fingerprint density at radius 3 is 2.53 bits per heavy atom. The van der Waals surface area contributed by atoms with E-state index < -0.39 is 23.7 Å². The van der Waals surface area contributed by atoms with Gasteiger partial charge in [-0.2, -0.15) is 0 Å². The van der Waals surface area contributed by atoms with Crippen LogP contribution in [0.15, 0.2) is 12.7 Å². The molecule has 1 N–H and O–H groups in total. The Morgan fingerprint density at radius 1 is 1.42 bits per heavy atom. The number of rotatable bonds is 3. The summed E-state index contributed by atoms with van der Waals surface area (Å²) in [5, 5.41) is 9.24. The summed E-state index contributed by atoms with van der Waals surface area (Å²) in [6.07, 6.45) is 1.15. The Bertz CT molecular complexity index is 362. The summed E-state index contributed by atoms with van der Waals surface area (Å²) in [7, 11) is 0. The van der Waals surface area contributed by atoms with Gasteiger partial charge in [0.15, 0.2) is 0 Å². The molecule has 1 fully saturated rings. The van der Waals surface area contributed by atoms with Gasteiger partial charge in [-0.15, -0.1) is 6.58 Å². The van der Waals surface area contributed by atoms with Crippen molar-refractivity contribution in [3.8, 4) is 0 Å². The third kappa shape index (κ3) is 4.55. The summed E-state index contributed by atoms with van der Waals surface area (Å²) in [5.74, 6) is -1.01. The van der Waals surface area contributed by atoms with Crippen LogP contribution in [0.3, 0.4) is 0 Å². The first-order valence-electron chi connectivity index (χ1n) is 6.30. The van der Waals surface area contributed by atoms with Gasteiger partial charge in [-0.1, -0.05) is 6.08 Å². The average Bonchev–Trinajstić information content (AvgIpc) is 2.26. The molecule has 0 radical (unpaired) electrons. The first kappa shape index (κ1) is 15.5. The number of carboxylic acids is 1. The second kappa shape index (κ2) is 6.06. The second-order valence-electron chi connectivity index (χ2n) is 5.58. The highest BCUT2D eigenvalue weighted by molar-refractivity contribution is 5.80. The van der Waals surface area contributed by atoms with Crippen LogP contribution < -0.4 is 0 Å². The number of carbonyl (C=O) groups is 2. The number of nitrogens with zero attached hydrogens (tertiary/aromatic N) is 2. The third-order valence-corrected chi connectivity index (χ3v) is 2.76. The van der Waals surface area contributed by atoms with Gasteiger partial charge in [0.1, 0.15) is 11.6 Å². The van der Waals surface area contributed by atoms with Crippen molar-refractivity contribution in [1.29, 1.82) is 0 Å². The van der Waals surface area contributed by atoms with E-state index in [1.807, 2.05) is 4.90 Å². The molecule has 108 valence electrons. The highest BCUT2D eigenvalue weighted by Crippen LogP contribution is 2.16. The molecule has 0 unspecified atom stereocenters. The van der Waals surface area contributed by atoms with Gasteiger partial charge in [-0.25, -0.2) is 9.59 Å². The van der Waals surface area contributed by atoms with Gasteiger partial charge in [-0.05, 0) is 20.8 Å². The van der Waals surface area contributed by atoms with Crippen molar-refractivity contribution in [3.05, 3.63) is 12.7 Å². The van der Waals surface area contributed by atoms with E-state index in [0.717, 1.165) is 0 Å². The molecule has 6 nitrogen and oxygen atoms in total. The molecule has 1 heterocycles. The van der Waals surface area contributed by atoms with E-state index in [2.05, 4.69) is 6.58 Å². The van der Waals surface area contributed by atoms with Gasteiger partial charge >= 0.3 is 12.1 Å². The molecular formula is C13H22N2O4. The van der Waals surface area contributed by atoms with Crippen LogP contribution in [-0.4, -0.2) is 64.8 Å². The van der Waals surface area contributed by atoms with E-state index in [1.165, 1.54) is 4.90 Å². The van der Waals surface area contributed by atoms with Crippen LogP contribution in [0.4, 0.5) is 4.79 Å². The Balaban J connectivity index is 2.74. The van der Waals surface area contributed by atoms with E-state index >= 15 is 0 Å². The van der Waals surface area contributed by atoms with Crippen molar-refractivity contribution in [1.82, 2.24) is 9.80 Å². The normalized spacial score (nSPS) is 21.0. The summed E-state index contributed by atoms with van der Waals surface area (Å²) in [6, 6.07) is -0.872. The van der Waals surface area contributed by atoms with Gasteiger partial charge in [0.25, 0.3) is 0 Å². The van der Waals surface area contributed by atoms with E-state index in [0.29, 0.717) is 26.2 Å². The minimum atomic E-state index is -1.01. The molecule has 0 spiro atoms. The van der Waals surface area contributed by atoms with Gasteiger partial charge in [0.2, 0.25) is 0 Å². The van der Waals surface area contributed by atoms with Crippen LogP contribution in [0, 0.1) is 0 Å². The van der Waals surface area contributed by atoms with Crippen molar-refractivity contribution in [2.24, 2.45) is 0 Å². The number of amides is 1. The molecule has 1 amide bonds. The summed E-state index contributed by atoms with van der Waals surface area (Å²) in [4.78, 5) is 26.5. The van der Waals surface area contributed by atoms with Crippen molar-refractivity contribution < 1.29 is 19.4 Å². The molecule has 0 aromatic carbocycles. The highest BCUT2D eigenvalue weighted by atomic mass is 16.6. The Labute approximate surface area is 113 Å². The molecule has 0 saturated carbocycles. The van der Waals surface area contributed by atoms with Gasteiger partial charge < -0.3 is 9.84 Å². The minimum absolute atomic E-state index is 0.292. The largest absolute Gasteiger partial charge is 0.480 e. The molecule has 1 aliphatic heterocycles. The highest BCUT2D eigenvalue weighted by Gasteiger charge is 2.37. The number of aliphatic carboxylic acids is 1. The molecule has 0 bridgehead atoms. The van der Waals surface area contributed by atoms with E-state index in [1.54, 1.807) is 26.8 Å². The summed E-state index contributed by atoms with van der Waals surface area (Å²) in [6.45, 7) is 10.8. The minimum Gasteiger partial charge on any atom is -0.480 e. The Morgan fingerprint density at radius 2 is 2.05 bits per heavy atom. The molecule has 1 aliphatic rings. The third-order valence-electron chi connectivity index (χ3n) is 2.76. The molecule has 0 aliphatic carbocycles. The van der Waals surface area contributed by atoms with Crippen molar-refractivity contribution in [3.63, 3.8) is 0 Å². The SMILES string of the molecule is C=CCN1CCN(C(=O)OC(C)(C)C)[C@@H](C(=O)O)C1. The standard InChI is InChI=1S/C13H22N2O4/c1-5-6-14-7-8-15(10(9-14)11(16)17)12(18)19-13(2,3)4/h5,10H,1,6-9H2,2-4H3,(H,16,17)/t10-/m1/s1.